The second kappa shape index (κ2) is 7.50. The molecule has 0 unspecified atom stereocenters. The lowest BCUT2D eigenvalue weighted by Crippen LogP contribution is -2.02. The molecule has 0 bridgehead atoms. The first-order valence-corrected chi connectivity index (χ1v) is 9.28. The van der Waals surface area contributed by atoms with Crippen LogP contribution in [0.15, 0.2) is 69.2 Å². The Hall–Kier alpha value is -4.09. The molecule has 4 rings (SSSR count). The second-order valence-electron chi connectivity index (χ2n) is 6.04. The maximum atomic E-state index is 12.3. The lowest BCUT2D eigenvalue weighted by Gasteiger charge is -1.99. The number of rotatable bonds is 4. The molecule has 2 heterocycles. The smallest absolute Gasteiger partial charge is 0.345 e. The van der Waals surface area contributed by atoms with Gasteiger partial charge in [-0.25, -0.2) is 9.78 Å². The van der Waals surface area contributed by atoms with E-state index in [1.807, 2.05) is 12.1 Å². The van der Waals surface area contributed by atoms with Crippen LogP contribution in [-0.4, -0.2) is 9.91 Å². The van der Waals surface area contributed by atoms with Crippen molar-refractivity contribution >= 4 is 39.6 Å². The van der Waals surface area contributed by atoms with Gasteiger partial charge in [0.1, 0.15) is 16.7 Å². The summed E-state index contributed by atoms with van der Waals surface area (Å²) in [6.07, 6.45) is 1.59. The van der Waals surface area contributed by atoms with E-state index in [0.29, 0.717) is 33.0 Å². The van der Waals surface area contributed by atoms with Crippen LogP contribution in [0.3, 0.4) is 0 Å². The summed E-state index contributed by atoms with van der Waals surface area (Å²) in [5.41, 5.74) is 1.63. The number of fused-ring (bicyclic) bond motifs is 1. The van der Waals surface area contributed by atoms with Gasteiger partial charge in [-0.05, 0) is 35.9 Å². The third-order valence-electron chi connectivity index (χ3n) is 4.19. The summed E-state index contributed by atoms with van der Waals surface area (Å²) >= 11 is 1.23. The molecule has 0 spiro atoms. The zero-order valence-electron chi connectivity index (χ0n) is 14.7. The van der Waals surface area contributed by atoms with E-state index in [0.717, 1.165) is 5.39 Å². The molecular weight excluding hydrogens is 390 g/mol. The zero-order chi connectivity index (χ0) is 20.4. The van der Waals surface area contributed by atoms with Crippen LogP contribution in [0.4, 0.5) is 5.69 Å². The predicted molar refractivity (Wildman–Crippen MR) is 110 cm³/mol. The van der Waals surface area contributed by atoms with Crippen molar-refractivity contribution in [1.82, 2.24) is 4.98 Å². The highest BCUT2D eigenvalue weighted by atomic mass is 32.1. The van der Waals surface area contributed by atoms with Gasteiger partial charge < -0.3 is 4.42 Å². The van der Waals surface area contributed by atoms with Gasteiger partial charge >= 0.3 is 5.63 Å². The highest BCUT2D eigenvalue weighted by Gasteiger charge is 2.14. The normalized spacial score (nSPS) is 11.3. The Morgan fingerprint density at radius 3 is 2.69 bits per heavy atom. The number of hydrogen-bond acceptors (Lipinski definition) is 7. The molecule has 0 aliphatic heterocycles. The number of nitrogens with zero attached hydrogens (tertiary/aromatic N) is 3. The van der Waals surface area contributed by atoms with E-state index in [9.17, 15) is 20.2 Å². The Bertz CT molecular complexity index is 1360. The van der Waals surface area contributed by atoms with Crippen molar-refractivity contribution in [1.29, 1.82) is 5.26 Å². The third-order valence-corrected chi connectivity index (χ3v) is 5.06. The standard InChI is InChI=1S/C21H11N3O4S/c22-11-15(9-13-5-7-16(8-6-13)24(26)27)20-23-18(12-29-20)17-10-14-3-1-2-4-19(14)28-21(17)25/h1-10,12H/b15-9+. The van der Waals surface area contributed by atoms with Gasteiger partial charge in [0.25, 0.3) is 5.69 Å². The van der Waals surface area contributed by atoms with E-state index in [2.05, 4.69) is 11.1 Å². The molecule has 2 aromatic heterocycles. The summed E-state index contributed by atoms with van der Waals surface area (Å²) in [4.78, 5) is 27.0. The van der Waals surface area contributed by atoms with E-state index in [1.54, 1.807) is 41.8 Å². The highest BCUT2D eigenvalue weighted by molar-refractivity contribution is 7.11. The molecule has 0 saturated heterocycles. The molecule has 0 N–H and O–H groups in total. The fourth-order valence-electron chi connectivity index (χ4n) is 2.76. The van der Waals surface area contributed by atoms with Crippen LogP contribution in [-0.2, 0) is 0 Å². The molecule has 140 valence electrons. The van der Waals surface area contributed by atoms with E-state index in [-0.39, 0.29) is 5.69 Å². The second-order valence-corrected chi connectivity index (χ2v) is 6.90. The van der Waals surface area contributed by atoms with Crippen molar-refractivity contribution < 1.29 is 9.34 Å². The van der Waals surface area contributed by atoms with E-state index in [4.69, 9.17) is 4.42 Å². The quantitative estimate of drug-likeness (QED) is 0.208. The van der Waals surface area contributed by atoms with Gasteiger partial charge in [0.15, 0.2) is 0 Å². The average molecular weight is 401 g/mol. The SMILES string of the molecule is N#C/C(=C\c1ccc([N+](=O)[O-])cc1)c1nc(-c2cc3ccccc3oc2=O)cs1. The number of nitro groups is 1. The number of hydrogen-bond donors (Lipinski definition) is 0. The van der Waals surface area contributed by atoms with Crippen LogP contribution in [0.5, 0.6) is 0 Å². The predicted octanol–water partition coefficient (Wildman–Crippen LogP) is 4.89. The number of aromatic nitrogens is 1. The number of para-hydroxylation sites is 1. The fourth-order valence-corrected chi connectivity index (χ4v) is 3.55. The monoisotopic (exact) mass is 401 g/mol. The number of thiazole rings is 1. The minimum atomic E-state index is -0.501. The minimum Gasteiger partial charge on any atom is -0.422 e. The Labute approximate surface area is 168 Å². The average Bonchev–Trinajstić information content (AvgIpc) is 3.21. The molecule has 0 saturated carbocycles. The molecular formula is C21H11N3O4S. The molecule has 0 atom stereocenters. The highest BCUT2D eigenvalue weighted by Crippen LogP contribution is 2.27. The van der Waals surface area contributed by atoms with Gasteiger partial charge in [-0.2, -0.15) is 5.26 Å². The number of non-ortho nitro benzene ring substituents is 1. The summed E-state index contributed by atoms with van der Waals surface area (Å²) in [6.45, 7) is 0. The van der Waals surface area contributed by atoms with Crippen molar-refractivity contribution in [3.05, 3.63) is 91.1 Å². The Morgan fingerprint density at radius 2 is 1.97 bits per heavy atom. The Morgan fingerprint density at radius 1 is 1.21 bits per heavy atom. The molecule has 7 nitrogen and oxygen atoms in total. The molecule has 0 aliphatic rings. The molecule has 0 aliphatic carbocycles. The van der Waals surface area contributed by atoms with E-state index >= 15 is 0 Å². The third kappa shape index (κ3) is 3.67. The van der Waals surface area contributed by atoms with Gasteiger partial charge in [0, 0.05) is 22.9 Å². The van der Waals surface area contributed by atoms with Gasteiger partial charge in [-0.3, -0.25) is 10.1 Å². The first-order valence-electron chi connectivity index (χ1n) is 8.40. The number of nitriles is 1. The van der Waals surface area contributed by atoms with Crippen LogP contribution in [0, 0.1) is 21.4 Å². The van der Waals surface area contributed by atoms with Crippen molar-refractivity contribution in [3.8, 4) is 17.3 Å². The van der Waals surface area contributed by atoms with E-state index < -0.39 is 10.5 Å². The van der Waals surface area contributed by atoms with Gasteiger partial charge in [0.2, 0.25) is 0 Å². The number of nitro benzene ring substituents is 1. The first kappa shape index (κ1) is 18.3. The molecule has 4 aromatic rings. The van der Waals surface area contributed by atoms with Crippen molar-refractivity contribution in [2.24, 2.45) is 0 Å². The molecule has 29 heavy (non-hydrogen) atoms. The lowest BCUT2D eigenvalue weighted by molar-refractivity contribution is -0.384. The number of allylic oxidation sites excluding steroid dienone is 1. The van der Waals surface area contributed by atoms with Gasteiger partial charge in [0.05, 0.1) is 21.8 Å². The Kier molecular flexibility index (Phi) is 4.73. The van der Waals surface area contributed by atoms with Gasteiger partial charge in [-0.1, -0.05) is 18.2 Å². The van der Waals surface area contributed by atoms with Crippen molar-refractivity contribution in [2.45, 2.75) is 0 Å². The largest absolute Gasteiger partial charge is 0.422 e. The van der Waals surface area contributed by atoms with Crippen LogP contribution < -0.4 is 5.63 Å². The van der Waals surface area contributed by atoms with Crippen LogP contribution in [0.25, 0.3) is 33.9 Å². The summed E-state index contributed by atoms with van der Waals surface area (Å²) in [7, 11) is 0. The summed E-state index contributed by atoms with van der Waals surface area (Å²) in [6, 6.07) is 16.8. The summed E-state index contributed by atoms with van der Waals surface area (Å²) in [5, 5.41) is 23.2. The van der Waals surface area contributed by atoms with E-state index in [1.165, 1.54) is 23.5 Å². The molecule has 2 aromatic carbocycles. The fraction of sp³-hybridized carbons (Fsp3) is 0. The molecule has 8 heteroatoms. The lowest BCUT2D eigenvalue weighted by atomic mass is 10.1. The maximum absolute atomic E-state index is 12.3. The zero-order valence-corrected chi connectivity index (χ0v) is 15.6. The van der Waals surface area contributed by atoms with Gasteiger partial charge in [-0.15, -0.1) is 11.3 Å². The summed E-state index contributed by atoms with van der Waals surface area (Å²) < 4.78 is 5.34. The van der Waals surface area contributed by atoms with Crippen molar-refractivity contribution in [3.63, 3.8) is 0 Å². The minimum absolute atomic E-state index is 0.0276. The topological polar surface area (TPSA) is 110 Å². The van der Waals surface area contributed by atoms with Crippen LogP contribution in [0.2, 0.25) is 0 Å². The maximum Gasteiger partial charge on any atom is 0.345 e. The Balaban J connectivity index is 1.70. The molecule has 0 radical (unpaired) electrons. The molecule has 0 fully saturated rings. The van der Waals surface area contributed by atoms with Crippen LogP contribution in [0.1, 0.15) is 10.6 Å². The first-order chi connectivity index (χ1) is 14.0. The molecule has 0 amide bonds. The summed E-state index contributed by atoms with van der Waals surface area (Å²) in [5.74, 6) is 0. The van der Waals surface area contributed by atoms with Crippen LogP contribution >= 0.6 is 11.3 Å². The van der Waals surface area contributed by atoms with Crippen molar-refractivity contribution in [2.75, 3.05) is 0 Å². The number of benzene rings is 2.